The Balaban J connectivity index is 3.85. The van der Waals surface area contributed by atoms with Crippen molar-refractivity contribution in [2.75, 3.05) is 0 Å². The fraction of sp³-hybridized carbons (Fsp3) is 1.00. The summed E-state index contributed by atoms with van der Waals surface area (Å²) in [7, 11) is 0. The molecule has 0 saturated heterocycles. The Labute approximate surface area is 83.1 Å². The maximum Gasteiger partial charge on any atom is 0.0149 e. The minimum atomic E-state index is 0.0203. The van der Waals surface area contributed by atoms with Crippen LogP contribution in [0.1, 0.15) is 53.4 Å². The van der Waals surface area contributed by atoms with Gasteiger partial charge in [0.05, 0.1) is 0 Å². The first-order chi connectivity index (χ1) is 5.95. The normalized spacial score (nSPS) is 15.0. The monoisotopic (exact) mass is 186 g/mol. The molecule has 0 aliphatic carbocycles. The molecule has 0 rings (SSSR count). The van der Waals surface area contributed by atoms with E-state index in [0.29, 0.717) is 12.0 Å². The molecule has 0 amide bonds. The van der Waals surface area contributed by atoms with Crippen molar-refractivity contribution in [2.24, 2.45) is 17.4 Å². The van der Waals surface area contributed by atoms with Crippen LogP contribution in [0.15, 0.2) is 0 Å². The lowest BCUT2D eigenvalue weighted by Gasteiger charge is -2.28. The molecule has 2 nitrogen and oxygen atoms in total. The molecule has 4 N–H and O–H groups in total. The van der Waals surface area contributed by atoms with Crippen LogP contribution in [0.25, 0.3) is 0 Å². The maximum atomic E-state index is 6.19. The Morgan fingerprint density at radius 1 is 1.15 bits per heavy atom. The Morgan fingerprint density at radius 3 is 1.92 bits per heavy atom. The molecule has 0 aromatic carbocycles. The molecule has 0 saturated carbocycles. The first kappa shape index (κ1) is 12.9. The van der Waals surface area contributed by atoms with Crippen molar-refractivity contribution in [3.05, 3.63) is 0 Å². The lowest BCUT2D eigenvalue weighted by molar-refractivity contribution is 0.324. The predicted molar refractivity (Wildman–Crippen MR) is 59.5 cm³/mol. The Hall–Kier alpha value is -0.0800. The molecular weight excluding hydrogens is 160 g/mol. The van der Waals surface area contributed by atoms with E-state index < -0.39 is 0 Å². The predicted octanol–water partition coefficient (Wildman–Crippen LogP) is 2.27. The smallest absolute Gasteiger partial charge is 0.0149 e. The Morgan fingerprint density at radius 2 is 1.62 bits per heavy atom. The highest BCUT2D eigenvalue weighted by atomic mass is 14.7. The Kier molecular flexibility index (Phi) is 5.57. The van der Waals surface area contributed by atoms with Gasteiger partial charge in [0, 0.05) is 11.6 Å². The zero-order valence-electron chi connectivity index (χ0n) is 9.64. The molecule has 0 aromatic heterocycles. The molecule has 0 radical (unpaired) electrons. The van der Waals surface area contributed by atoms with Crippen LogP contribution in [-0.4, -0.2) is 11.6 Å². The van der Waals surface area contributed by atoms with Crippen molar-refractivity contribution in [3.63, 3.8) is 0 Å². The average Bonchev–Trinajstić information content (AvgIpc) is 2.13. The van der Waals surface area contributed by atoms with Gasteiger partial charge in [0.25, 0.3) is 0 Å². The van der Waals surface area contributed by atoms with Gasteiger partial charge in [0.15, 0.2) is 0 Å². The second-order valence-electron chi connectivity index (χ2n) is 4.52. The van der Waals surface area contributed by atoms with Crippen LogP contribution in [0.3, 0.4) is 0 Å². The average molecular weight is 186 g/mol. The molecule has 13 heavy (non-hydrogen) atoms. The first-order valence-electron chi connectivity index (χ1n) is 5.49. The van der Waals surface area contributed by atoms with Crippen molar-refractivity contribution in [1.82, 2.24) is 0 Å². The summed E-state index contributed by atoms with van der Waals surface area (Å²) in [6, 6.07) is 0.307. The minimum Gasteiger partial charge on any atom is -0.327 e. The van der Waals surface area contributed by atoms with Crippen molar-refractivity contribution in [3.8, 4) is 0 Å². The third-order valence-electron chi connectivity index (χ3n) is 3.24. The standard InChI is InChI=1S/C11H26N2/c1-5-11(13,6-2)8-7-10(12)9(3)4/h9-10H,5-8,12-13H2,1-4H3. The van der Waals surface area contributed by atoms with E-state index in [0.717, 1.165) is 25.7 Å². The van der Waals surface area contributed by atoms with Gasteiger partial charge >= 0.3 is 0 Å². The largest absolute Gasteiger partial charge is 0.327 e. The molecule has 0 bridgehead atoms. The lowest BCUT2D eigenvalue weighted by atomic mass is 9.85. The zero-order chi connectivity index (χ0) is 10.5. The number of hydrogen-bond acceptors (Lipinski definition) is 2. The van der Waals surface area contributed by atoms with E-state index in [-0.39, 0.29) is 5.54 Å². The van der Waals surface area contributed by atoms with Crippen molar-refractivity contribution < 1.29 is 0 Å². The second kappa shape index (κ2) is 5.61. The Bertz CT molecular complexity index is 128. The van der Waals surface area contributed by atoms with Gasteiger partial charge in [-0.15, -0.1) is 0 Å². The molecular formula is C11H26N2. The molecule has 0 aromatic rings. The first-order valence-corrected chi connectivity index (χ1v) is 5.49. The van der Waals surface area contributed by atoms with Gasteiger partial charge in [-0.1, -0.05) is 27.7 Å². The number of nitrogens with two attached hydrogens (primary N) is 2. The summed E-state index contributed by atoms with van der Waals surface area (Å²) < 4.78 is 0. The number of hydrogen-bond donors (Lipinski definition) is 2. The van der Waals surface area contributed by atoms with E-state index in [1.165, 1.54) is 0 Å². The van der Waals surface area contributed by atoms with Crippen LogP contribution in [-0.2, 0) is 0 Å². The van der Waals surface area contributed by atoms with Crippen molar-refractivity contribution in [2.45, 2.75) is 65.0 Å². The summed E-state index contributed by atoms with van der Waals surface area (Å²) >= 11 is 0. The molecule has 2 heteroatoms. The highest BCUT2D eigenvalue weighted by Gasteiger charge is 2.21. The lowest BCUT2D eigenvalue weighted by Crippen LogP contribution is -2.40. The van der Waals surface area contributed by atoms with Crippen LogP contribution in [0.2, 0.25) is 0 Å². The van der Waals surface area contributed by atoms with Gasteiger partial charge in [-0.25, -0.2) is 0 Å². The van der Waals surface area contributed by atoms with E-state index in [9.17, 15) is 0 Å². The highest BCUT2D eigenvalue weighted by molar-refractivity contribution is 4.82. The van der Waals surface area contributed by atoms with E-state index in [1.807, 2.05) is 0 Å². The minimum absolute atomic E-state index is 0.0203. The van der Waals surface area contributed by atoms with Crippen LogP contribution in [0.5, 0.6) is 0 Å². The van der Waals surface area contributed by atoms with Crippen LogP contribution < -0.4 is 11.5 Å². The molecule has 0 aliphatic heterocycles. The van der Waals surface area contributed by atoms with Gasteiger partial charge < -0.3 is 11.5 Å². The van der Waals surface area contributed by atoms with E-state index in [1.54, 1.807) is 0 Å². The summed E-state index contributed by atoms with van der Waals surface area (Å²) in [4.78, 5) is 0. The van der Waals surface area contributed by atoms with Crippen LogP contribution in [0.4, 0.5) is 0 Å². The molecule has 80 valence electrons. The van der Waals surface area contributed by atoms with Gasteiger partial charge in [0.1, 0.15) is 0 Å². The van der Waals surface area contributed by atoms with E-state index in [2.05, 4.69) is 27.7 Å². The van der Waals surface area contributed by atoms with Crippen LogP contribution >= 0.6 is 0 Å². The van der Waals surface area contributed by atoms with E-state index in [4.69, 9.17) is 11.5 Å². The third-order valence-corrected chi connectivity index (χ3v) is 3.24. The summed E-state index contributed by atoms with van der Waals surface area (Å²) in [5.74, 6) is 0.568. The summed E-state index contributed by atoms with van der Waals surface area (Å²) in [5, 5.41) is 0. The summed E-state index contributed by atoms with van der Waals surface area (Å²) in [6.07, 6.45) is 4.21. The topological polar surface area (TPSA) is 52.0 Å². The fourth-order valence-corrected chi connectivity index (χ4v) is 1.39. The van der Waals surface area contributed by atoms with E-state index >= 15 is 0 Å². The van der Waals surface area contributed by atoms with Crippen molar-refractivity contribution >= 4 is 0 Å². The second-order valence-corrected chi connectivity index (χ2v) is 4.52. The SMILES string of the molecule is CCC(N)(CC)CCC(N)C(C)C. The number of rotatable bonds is 6. The molecule has 1 unspecified atom stereocenters. The van der Waals surface area contributed by atoms with Crippen LogP contribution in [0, 0.1) is 5.92 Å². The quantitative estimate of drug-likeness (QED) is 0.668. The van der Waals surface area contributed by atoms with Gasteiger partial charge in [-0.2, -0.15) is 0 Å². The summed E-state index contributed by atoms with van der Waals surface area (Å²) in [6.45, 7) is 8.65. The molecule has 0 aliphatic rings. The fourth-order valence-electron chi connectivity index (χ4n) is 1.39. The van der Waals surface area contributed by atoms with Gasteiger partial charge in [0.2, 0.25) is 0 Å². The van der Waals surface area contributed by atoms with Gasteiger partial charge in [-0.05, 0) is 31.6 Å². The third kappa shape index (κ3) is 4.63. The summed E-state index contributed by atoms with van der Waals surface area (Å²) in [5.41, 5.74) is 12.2. The van der Waals surface area contributed by atoms with Crippen molar-refractivity contribution in [1.29, 1.82) is 0 Å². The zero-order valence-corrected chi connectivity index (χ0v) is 9.64. The molecule has 0 heterocycles. The molecule has 0 fully saturated rings. The molecule has 0 spiro atoms. The molecule has 1 atom stereocenters. The van der Waals surface area contributed by atoms with Gasteiger partial charge in [-0.3, -0.25) is 0 Å². The maximum absolute atomic E-state index is 6.19. The highest BCUT2D eigenvalue weighted by Crippen LogP contribution is 2.20.